The van der Waals surface area contributed by atoms with Crippen molar-refractivity contribution in [3.05, 3.63) is 29.1 Å². The number of aromatic carboxylic acids is 2. The van der Waals surface area contributed by atoms with E-state index >= 15 is 0 Å². The molecule has 0 aromatic carbocycles. The largest absolute Gasteiger partial charge is 0.478 e. The van der Waals surface area contributed by atoms with Crippen molar-refractivity contribution >= 4 is 11.9 Å². The van der Waals surface area contributed by atoms with E-state index in [1.807, 2.05) is 13.8 Å². The molecule has 2 N–H and O–H groups in total. The Labute approximate surface area is 92.8 Å². The van der Waals surface area contributed by atoms with Crippen molar-refractivity contribution in [2.24, 2.45) is 5.92 Å². The molecule has 1 aromatic heterocycles. The fourth-order valence-corrected chi connectivity index (χ4v) is 1.48. The molecule has 0 saturated carbocycles. The Morgan fingerprint density at radius 3 is 1.94 bits per heavy atom. The lowest BCUT2D eigenvalue weighted by Gasteiger charge is -2.11. The van der Waals surface area contributed by atoms with Gasteiger partial charge in [-0.05, 0) is 17.9 Å². The van der Waals surface area contributed by atoms with Gasteiger partial charge < -0.3 is 10.2 Å². The van der Waals surface area contributed by atoms with Gasteiger partial charge in [0.25, 0.3) is 0 Å². The summed E-state index contributed by atoms with van der Waals surface area (Å²) in [6.07, 6.45) is 2.78. The number of hydrogen-bond donors (Lipinski definition) is 2. The topological polar surface area (TPSA) is 87.5 Å². The van der Waals surface area contributed by atoms with E-state index < -0.39 is 11.9 Å². The first-order valence-electron chi connectivity index (χ1n) is 4.87. The minimum absolute atomic E-state index is 0.0337. The van der Waals surface area contributed by atoms with Crippen LogP contribution in [0.1, 0.15) is 40.1 Å². The van der Waals surface area contributed by atoms with E-state index in [0.29, 0.717) is 12.0 Å². The molecule has 0 aliphatic rings. The number of pyridine rings is 1. The molecule has 0 radical (unpaired) electrons. The Kier molecular flexibility index (Phi) is 3.60. The molecular formula is C11H13NO4. The van der Waals surface area contributed by atoms with Crippen molar-refractivity contribution < 1.29 is 19.8 Å². The van der Waals surface area contributed by atoms with Crippen LogP contribution in [0.25, 0.3) is 0 Å². The average molecular weight is 223 g/mol. The molecule has 0 fully saturated rings. The Morgan fingerprint density at radius 2 is 1.62 bits per heavy atom. The average Bonchev–Trinajstić information content (AvgIpc) is 2.16. The number of carboxylic acid groups (broad SMARTS) is 2. The van der Waals surface area contributed by atoms with Gasteiger partial charge in [0.1, 0.15) is 0 Å². The third-order valence-electron chi connectivity index (χ3n) is 2.13. The number of rotatable bonds is 4. The molecule has 1 rings (SSSR count). The van der Waals surface area contributed by atoms with Crippen molar-refractivity contribution in [1.82, 2.24) is 4.98 Å². The maximum atomic E-state index is 10.9. The van der Waals surface area contributed by atoms with E-state index in [2.05, 4.69) is 4.98 Å². The summed E-state index contributed by atoms with van der Waals surface area (Å²) < 4.78 is 0. The summed E-state index contributed by atoms with van der Waals surface area (Å²) in [5, 5.41) is 17.9. The fraction of sp³-hybridized carbons (Fsp3) is 0.364. The molecule has 16 heavy (non-hydrogen) atoms. The molecule has 0 saturated heterocycles. The van der Waals surface area contributed by atoms with Gasteiger partial charge in [-0.2, -0.15) is 0 Å². The molecule has 0 spiro atoms. The van der Waals surface area contributed by atoms with Crippen molar-refractivity contribution in [1.29, 1.82) is 0 Å². The SMILES string of the molecule is CC(C)Cc1c(C(=O)O)cncc1C(=O)O. The van der Waals surface area contributed by atoms with Crippen molar-refractivity contribution in [2.45, 2.75) is 20.3 Å². The van der Waals surface area contributed by atoms with Gasteiger partial charge in [0.2, 0.25) is 0 Å². The lowest BCUT2D eigenvalue weighted by atomic mass is 9.95. The Bertz CT molecular complexity index is 394. The summed E-state index contributed by atoms with van der Waals surface area (Å²) in [7, 11) is 0. The number of nitrogens with zero attached hydrogens (tertiary/aromatic N) is 1. The highest BCUT2D eigenvalue weighted by molar-refractivity contribution is 5.96. The summed E-state index contributed by atoms with van der Waals surface area (Å²) in [5.74, 6) is -2.11. The van der Waals surface area contributed by atoms with Gasteiger partial charge in [-0.3, -0.25) is 4.98 Å². The third kappa shape index (κ3) is 2.56. The number of hydrogen-bond acceptors (Lipinski definition) is 3. The second kappa shape index (κ2) is 4.74. The number of carboxylic acids is 2. The van der Waals surface area contributed by atoms with Gasteiger partial charge in [-0.25, -0.2) is 9.59 Å². The normalized spacial score (nSPS) is 10.4. The molecule has 0 aliphatic carbocycles. The smallest absolute Gasteiger partial charge is 0.337 e. The quantitative estimate of drug-likeness (QED) is 0.810. The lowest BCUT2D eigenvalue weighted by molar-refractivity contribution is 0.0694. The van der Waals surface area contributed by atoms with Crippen LogP contribution in [0, 0.1) is 5.92 Å². The maximum absolute atomic E-state index is 10.9. The zero-order valence-corrected chi connectivity index (χ0v) is 9.10. The first-order chi connectivity index (χ1) is 7.43. The highest BCUT2D eigenvalue weighted by atomic mass is 16.4. The third-order valence-corrected chi connectivity index (χ3v) is 2.13. The van der Waals surface area contributed by atoms with Crippen molar-refractivity contribution in [3.8, 4) is 0 Å². The molecular weight excluding hydrogens is 210 g/mol. The predicted molar refractivity (Wildman–Crippen MR) is 56.7 cm³/mol. The summed E-state index contributed by atoms with van der Waals surface area (Å²) in [6, 6.07) is 0. The second-order valence-electron chi connectivity index (χ2n) is 3.92. The van der Waals surface area contributed by atoms with E-state index in [4.69, 9.17) is 10.2 Å². The van der Waals surface area contributed by atoms with E-state index in [1.165, 1.54) is 12.4 Å². The van der Waals surface area contributed by atoms with Gasteiger partial charge in [0.15, 0.2) is 0 Å². The zero-order chi connectivity index (χ0) is 12.3. The van der Waals surface area contributed by atoms with E-state index in [1.54, 1.807) is 0 Å². The summed E-state index contributed by atoms with van der Waals surface area (Å²) in [4.78, 5) is 25.5. The van der Waals surface area contributed by atoms with Gasteiger partial charge in [0, 0.05) is 12.4 Å². The lowest BCUT2D eigenvalue weighted by Crippen LogP contribution is -2.12. The van der Waals surface area contributed by atoms with Gasteiger partial charge in [-0.15, -0.1) is 0 Å². The predicted octanol–water partition coefficient (Wildman–Crippen LogP) is 1.68. The number of carbonyl (C=O) groups is 2. The summed E-state index contributed by atoms with van der Waals surface area (Å²) in [6.45, 7) is 3.80. The maximum Gasteiger partial charge on any atom is 0.337 e. The molecule has 86 valence electrons. The van der Waals surface area contributed by atoms with E-state index in [9.17, 15) is 9.59 Å². The van der Waals surface area contributed by atoms with Crippen LogP contribution in [-0.2, 0) is 6.42 Å². The second-order valence-corrected chi connectivity index (χ2v) is 3.92. The van der Waals surface area contributed by atoms with Crippen LogP contribution < -0.4 is 0 Å². The fourth-order valence-electron chi connectivity index (χ4n) is 1.48. The highest BCUT2D eigenvalue weighted by Gasteiger charge is 2.19. The minimum atomic E-state index is -1.15. The highest BCUT2D eigenvalue weighted by Crippen LogP contribution is 2.18. The standard InChI is InChI=1S/C11H13NO4/c1-6(2)3-7-8(10(13)14)4-12-5-9(7)11(15)16/h4-6H,3H2,1-2H3,(H,13,14)(H,15,16). The van der Waals surface area contributed by atoms with E-state index in [0.717, 1.165) is 0 Å². The molecule has 0 amide bonds. The van der Waals surface area contributed by atoms with Crippen LogP contribution >= 0.6 is 0 Å². The Hall–Kier alpha value is -1.91. The molecule has 0 bridgehead atoms. The van der Waals surface area contributed by atoms with Crippen molar-refractivity contribution in [3.63, 3.8) is 0 Å². The van der Waals surface area contributed by atoms with Crippen LogP contribution in [0.3, 0.4) is 0 Å². The molecule has 0 atom stereocenters. The summed E-state index contributed by atoms with van der Waals surface area (Å²) >= 11 is 0. The monoisotopic (exact) mass is 223 g/mol. The van der Waals surface area contributed by atoms with Gasteiger partial charge in [-0.1, -0.05) is 13.8 Å². The van der Waals surface area contributed by atoms with E-state index in [-0.39, 0.29) is 17.0 Å². The molecule has 0 aliphatic heterocycles. The van der Waals surface area contributed by atoms with Gasteiger partial charge in [0.05, 0.1) is 11.1 Å². The molecule has 5 heteroatoms. The Morgan fingerprint density at radius 1 is 1.19 bits per heavy atom. The van der Waals surface area contributed by atoms with Crippen molar-refractivity contribution in [2.75, 3.05) is 0 Å². The molecule has 1 heterocycles. The van der Waals surface area contributed by atoms with Crippen LogP contribution in [0.15, 0.2) is 12.4 Å². The first kappa shape index (κ1) is 12.2. The number of aromatic nitrogens is 1. The molecule has 1 aromatic rings. The van der Waals surface area contributed by atoms with Crippen LogP contribution in [0.2, 0.25) is 0 Å². The minimum Gasteiger partial charge on any atom is -0.478 e. The zero-order valence-electron chi connectivity index (χ0n) is 9.10. The van der Waals surface area contributed by atoms with Crippen LogP contribution in [0.5, 0.6) is 0 Å². The first-order valence-corrected chi connectivity index (χ1v) is 4.87. The summed E-state index contributed by atoms with van der Waals surface area (Å²) in [5.41, 5.74) is 0.271. The molecule has 0 unspecified atom stereocenters. The Balaban J connectivity index is 3.34. The van der Waals surface area contributed by atoms with Gasteiger partial charge >= 0.3 is 11.9 Å². The molecule has 5 nitrogen and oxygen atoms in total. The van der Waals surface area contributed by atoms with Crippen LogP contribution in [-0.4, -0.2) is 27.1 Å². The van der Waals surface area contributed by atoms with Crippen LogP contribution in [0.4, 0.5) is 0 Å².